The summed E-state index contributed by atoms with van der Waals surface area (Å²) in [5.74, 6) is 0.178. The number of amides is 1. The first-order valence-corrected chi connectivity index (χ1v) is 6.44. The fourth-order valence-corrected chi connectivity index (χ4v) is 2.25. The first-order valence-electron chi connectivity index (χ1n) is 6.44. The van der Waals surface area contributed by atoms with Crippen LogP contribution in [0, 0.1) is 0 Å². The minimum atomic E-state index is 0.178. The molecule has 1 N–H and O–H groups in total. The van der Waals surface area contributed by atoms with Gasteiger partial charge in [-0.1, -0.05) is 6.92 Å². The summed E-state index contributed by atoms with van der Waals surface area (Å²) in [6.07, 6.45) is 0.528. The summed E-state index contributed by atoms with van der Waals surface area (Å²) in [5, 5.41) is 3.31. The van der Waals surface area contributed by atoms with Gasteiger partial charge < -0.3 is 15.1 Å². The standard InChI is InChI=1S/C14H21N3O/c1-4-15-7-8-16(2)12-5-6-13-11(9-12)10-14(18)17(13)3/h5-6,9,15H,4,7-8,10H2,1-3H3. The van der Waals surface area contributed by atoms with E-state index in [2.05, 4.69) is 36.3 Å². The van der Waals surface area contributed by atoms with E-state index in [0.717, 1.165) is 30.9 Å². The molecule has 1 aliphatic rings. The number of carbonyl (C=O) groups is 1. The van der Waals surface area contributed by atoms with Crippen LogP contribution in [0.3, 0.4) is 0 Å². The Morgan fingerprint density at radius 3 is 2.94 bits per heavy atom. The summed E-state index contributed by atoms with van der Waals surface area (Å²) in [6.45, 7) is 5.05. The van der Waals surface area contributed by atoms with E-state index in [1.165, 1.54) is 5.69 Å². The lowest BCUT2D eigenvalue weighted by molar-refractivity contribution is -0.117. The molecule has 4 nitrogen and oxygen atoms in total. The first-order chi connectivity index (χ1) is 8.63. The van der Waals surface area contributed by atoms with Crippen molar-refractivity contribution in [2.24, 2.45) is 0 Å². The Labute approximate surface area is 109 Å². The second kappa shape index (κ2) is 5.40. The van der Waals surface area contributed by atoms with E-state index in [9.17, 15) is 4.79 Å². The smallest absolute Gasteiger partial charge is 0.231 e. The topological polar surface area (TPSA) is 35.6 Å². The lowest BCUT2D eigenvalue weighted by Crippen LogP contribution is -2.28. The highest BCUT2D eigenvalue weighted by atomic mass is 16.2. The van der Waals surface area contributed by atoms with Gasteiger partial charge in [0.05, 0.1) is 6.42 Å². The third-order valence-corrected chi connectivity index (χ3v) is 3.45. The zero-order valence-corrected chi connectivity index (χ0v) is 11.4. The van der Waals surface area contributed by atoms with Gasteiger partial charge in [0.1, 0.15) is 0 Å². The van der Waals surface area contributed by atoms with E-state index in [1.54, 1.807) is 4.90 Å². The lowest BCUT2D eigenvalue weighted by atomic mass is 10.1. The number of fused-ring (bicyclic) bond motifs is 1. The minimum absolute atomic E-state index is 0.178. The van der Waals surface area contributed by atoms with E-state index in [-0.39, 0.29) is 5.91 Å². The van der Waals surface area contributed by atoms with Crippen LogP contribution in [0.25, 0.3) is 0 Å². The largest absolute Gasteiger partial charge is 0.373 e. The number of nitrogens with zero attached hydrogens (tertiary/aromatic N) is 2. The molecule has 18 heavy (non-hydrogen) atoms. The molecule has 1 heterocycles. The van der Waals surface area contributed by atoms with E-state index in [0.29, 0.717) is 6.42 Å². The molecule has 0 spiro atoms. The van der Waals surface area contributed by atoms with Crippen molar-refractivity contribution in [1.29, 1.82) is 0 Å². The van der Waals surface area contributed by atoms with E-state index in [1.807, 2.05) is 13.1 Å². The highest BCUT2D eigenvalue weighted by Gasteiger charge is 2.24. The van der Waals surface area contributed by atoms with E-state index >= 15 is 0 Å². The van der Waals surface area contributed by atoms with Gasteiger partial charge in [-0.3, -0.25) is 4.79 Å². The van der Waals surface area contributed by atoms with Crippen LogP contribution in [0.5, 0.6) is 0 Å². The average Bonchev–Trinajstić information content (AvgIpc) is 2.65. The van der Waals surface area contributed by atoms with Crippen LogP contribution in [0.2, 0.25) is 0 Å². The second-order valence-corrected chi connectivity index (χ2v) is 4.72. The second-order valence-electron chi connectivity index (χ2n) is 4.72. The molecule has 0 unspecified atom stereocenters. The van der Waals surface area contributed by atoms with Crippen molar-refractivity contribution >= 4 is 17.3 Å². The Hall–Kier alpha value is -1.55. The van der Waals surface area contributed by atoms with Gasteiger partial charge in [0.2, 0.25) is 5.91 Å². The maximum Gasteiger partial charge on any atom is 0.231 e. The molecule has 0 saturated carbocycles. The molecule has 0 aromatic heterocycles. The van der Waals surface area contributed by atoms with Gasteiger partial charge in [-0.25, -0.2) is 0 Å². The Balaban J connectivity index is 2.08. The normalized spacial score (nSPS) is 13.9. The molecule has 1 amide bonds. The predicted octanol–water partition coefficient (Wildman–Crippen LogP) is 1.25. The van der Waals surface area contributed by atoms with Crippen molar-refractivity contribution in [3.63, 3.8) is 0 Å². The van der Waals surface area contributed by atoms with E-state index < -0.39 is 0 Å². The lowest BCUT2D eigenvalue weighted by Gasteiger charge is -2.20. The van der Waals surface area contributed by atoms with Gasteiger partial charge in [0.15, 0.2) is 0 Å². The van der Waals surface area contributed by atoms with Gasteiger partial charge in [-0.2, -0.15) is 0 Å². The van der Waals surface area contributed by atoms with Gasteiger partial charge in [-0.15, -0.1) is 0 Å². The molecule has 1 aromatic carbocycles. The molecular formula is C14H21N3O. The predicted molar refractivity (Wildman–Crippen MR) is 75.4 cm³/mol. The summed E-state index contributed by atoms with van der Waals surface area (Å²) < 4.78 is 0. The molecule has 4 heteroatoms. The Kier molecular flexibility index (Phi) is 3.87. The zero-order valence-electron chi connectivity index (χ0n) is 11.4. The van der Waals surface area contributed by atoms with Gasteiger partial charge in [0.25, 0.3) is 0 Å². The molecule has 1 aromatic rings. The van der Waals surface area contributed by atoms with Crippen molar-refractivity contribution in [2.45, 2.75) is 13.3 Å². The summed E-state index contributed by atoms with van der Waals surface area (Å²) in [5.41, 5.74) is 3.36. The molecule has 0 saturated heterocycles. The number of hydrogen-bond donors (Lipinski definition) is 1. The van der Waals surface area contributed by atoms with Crippen molar-refractivity contribution in [3.05, 3.63) is 23.8 Å². The SMILES string of the molecule is CCNCCN(C)c1ccc2c(c1)CC(=O)N2C. The number of anilines is 2. The monoisotopic (exact) mass is 247 g/mol. The molecule has 2 rings (SSSR count). The molecule has 0 bridgehead atoms. The number of rotatable bonds is 5. The van der Waals surface area contributed by atoms with Crippen LogP contribution in [-0.4, -0.2) is 39.6 Å². The number of benzene rings is 1. The van der Waals surface area contributed by atoms with Crippen LogP contribution >= 0.6 is 0 Å². The van der Waals surface area contributed by atoms with Gasteiger partial charge in [-0.05, 0) is 30.3 Å². The number of carbonyl (C=O) groups excluding carboxylic acids is 1. The summed E-state index contributed by atoms with van der Waals surface area (Å²) in [6, 6.07) is 6.25. The van der Waals surface area contributed by atoms with Gasteiger partial charge in [0, 0.05) is 38.6 Å². The van der Waals surface area contributed by atoms with Crippen molar-refractivity contribution < 1.29 is 4.79 Å². The van der Waals surface area contributed by atoms with Crippen LogP contribution in [0.4, 0.5) is 11.4 Å². The third-order valence-electron chi connectivity index (χ3n) is 3.45. The summed E-state index contributed by atoms with van der Waals surface area (Å²) in [4.78, 5) is 15.6. The summed E-state index contributed by atoms with van der Waals surface area (Å²) >= 11 is 0. The maximum atomic E-state index is 11.6. The molecule has 0 aliphatic carbocycles. The Bertz CT molecular complexity index is 445. The quantitative estimate of drug-likeness (QED) is 0.796. The van der Waals surface area contributed by atoms with Gasteiger partial charge >= 0.3 is 0 Å². The fraction of sp³-hybridized carbons (Fsp3) is 0.500. The van der Waals surface area contributed by atoms with Crippen molar-refractivity contribution in [2.75, 3.05) is 43.5 Å². The highest BCUT2D eigenvalue weighted by molar-refractivity contribution is 6.01. The zero-order chi connectivity index (χ0) is 13.1. The number of nitrogens with one attached hydrogen (secondary N) is 1. The molecule has 0 fully saturated rings. The van der Waals surface area contributed by atoms with E-state index in [4.69, 9.17) is 0 Å². The summed E-state index contributed by atoms with van der Waals surface area (Å²) in [7, 11) is 3.92. The van der Waals surface area contributed by atoms with Crippen molar-refractivity contribution in [3.8, 4) is 0 Å². The molecular weight excluding hydrogens is 226 g/mol. The first kappa shape index (κ1) is 12.9. The third kappa shape index (κ3) is 2.48. The average molecular weight is 247 g/mol. The Morgan fingerprint density at radius 2 is 2.22 bits per heavy atom. The Morgan fingerprint density at radius 1 is 1.44 bits per heavy atom. The van der Waals surface area contributed by atoms with Crippen LogP contribution in [0.15, 0.2) is 18.2 Å². The number of likely N-dealkylation sites (N-methyl/N-ethyl adjacent to an activating group) is 3. The van der Waals surface area contributed by atoms with Crippen LogP contribution in [0.1, 0.15) is 12.5 Å². The molecule has 98 valence electrons. The number of hydrogen-bond acceptors (Lipinski definition) is 3. The highest BCUT2D eigenvalue weighted by Crippen LogP contribution is 2.30. The minimum Gasteiger partial charge on any atom is -0.373 e. The molecule has 1 aliphatic heterocycles. The molecule has 0 atom stereocenters. The fourth-order valence-electron chi connectivity index (χ4n) is 2.25. The molecule has 0 radical (unpaired) electrons. The van der Waals surface area contributed by atoms with Crippen molar-refractivity contribution in [1.82, 2.24) is 5.32 Å². The van der Waals surface area contributed by atoms with Crippen LogP contribution in [-0.2, 0) is 11.2 Å². The van der Waals surface area contributed by atoms with Crippen LogP contribution < -0.4 is 15.1 Å². The maximum absolute atomic E-state index is 11.6.